The van der Waals surface area contributed by atoms with Crippen LogP contribution in [0.15, 0.2) is 18.2 Å². The van der Waals surface area contributed by atoms with Gasteiger partial charge in [0.2, 0.25) is 5.91 Å². The Labute approximate surface area is 111 Å². The van der Waals surface area contributed by atoms with E-state index in [1.807, 2.05) is 6.92 Å². The molecule has 0 fully saturated rings. The molecule has 3 nitrogen and oxygen atoms in total. The Morgan fingerprint density at radius 2 is 2.24 bits per heavy atom. The van der Waals surface area contributed by atoms with Gasteiger partial charge < -0.3 is 11.1 Å². The average molecular weight is 281 g/mol. The molecule has 0 bridgehead atoms. The third kappa shape index (κ3) is 4.89. The SMILES string of the molecule is CCCC(N)C(=O)Nc1ccc(Cl)cc1F.Cl. The maximum atomic E-state index is 13.3. The van der Waals surface area contributed by atoms with Gasteiger partial charge in [-0.1, -0.05) is 24.9 Å². The quantitative estimate of drug-likeness (QED) is 0.891. The highest BCUT2D eigenvalue weighted by Crippen LogP contribution is 2.19. The summed E-state index contributed by atoms with van der Waals surface area (Å²) in [6, 6.07) is 3.45. The number of nitrogens with one attached hydrogen (secondary N) is 1. The second-order valence-electron chi connectivity index (χ2n) is 3.51. The van der Waals surface area contributed by atoms with Crippen LogP contribution in [0.1, 0.15) is 19.8 Å². The van der Waals surface area contributed by atoms with Crippen LogP contribution >= 0.6 is 24.0 Å². The van der Waals surface area contributed by atoms with Crippen molar-refractivity contribution in [2.75, 3.05) is 5.32 Å². The molecule has 0 radical (unpaired) electrons. The molecule has 1 atom stereocenters. The van der Waals surface area contributed by atoms with Gasteiger partial charge in [0.25, 0.3) is 0 Å². The molecule has 0 aliphatic rings. The Kier molecular flexibility index (Phi) is 7.11. The van der Waals surface area contributed by atoms with Gasteiger partial charge in [0, 0.05) is 5.02 Å². The average Bonchev–Trinajstić information content (AvgIpc) is 2.22. The lowest BCUT2D eigenvalue weighted by Crippen LogP contribution is -2.35. The number of benzene rings is 1. The maximum absolute atomic E-state index is 13.3. The molecule has 1 unspecified atom stereocenters. The van der Waals surface area contributed by atoms with Gasteiger partial charge in [-0.15, -0.1) is 12.4 Å². The third-order valence-corrected chi connectivity index (χ3v) is 2.36. The fourth-order valence-electron chi connectivity index (χ4n) is 1.26. The topological polar surface area (TPSA) is 55.1 Å². The number of amides is 1. The van der Waals surface area contributed by atoms with Gasteiger partial charge in [-0.05, 0) is 24.6 Å². The molecule has 0 saturated carbocycles. The number of hydrogen-bond donors (Lipinski definition) is 2. The van der Waals surface area contributed by atoms with Gasteiger partial charge in [0.05, 0.1) is 11.7 Å². The van der Waals surface area contributed by atoms with Crippen molar-refractivity contribution in [3.05, 3.63) is 29.0 Å². The van der Waals surface area contributed by atoms with Crippen molar-refractivity contribution < 1.29 is 9.18 Å². The zero-order valence-electron chi connectivity index (χ0n) is 9.37. The number of carbonyl (C=O) groups is 1. The largest absolute Gasteiger partial charge is 0.322 e. The molecule has 0 saturated heterocycles. The Hall–Kier alpha value is -0.840. The smallest absolute Gasteiger partial charge is 0.241 e. The Bertz CT molecular complexity index is 388. The molecule has 1 aromatic rings. The van der Waals surface area contributed by atoms with Crippen LogP contribution in [0.3, 0.4) is 0 Å². The Morgan fingerprint density at radius 1 is 1.59 bits per heavy atom. The summed E-state index contributed by atoms with van der Waals surface area (Å²) >= 11 is 5.59. The molecule has 0 aliphatic heterocycles. The van der Waals surface area contributed by atoms with E-state index in [9.17, 15) is 9.18 Å². The third-order valence-electron chi connectivity index (χ3n) is 2.13. The molecule has 96 valence electrons. The number of hydrogen-bond acceptors (Lipinski definition) is 2. The van der Waals surface area contributed by atoms with Crippen molar-refractivity contribution in [2.45, 2.75) is 25.8 Å². The molecule has 0 aliphatic carbocycles. The van der Waals surface area contributed by atoms with E-state index in [4.69, 9.17) is 17.3 Å². The summed E-state index contributed by atoms with van der Waals surface area (Å²) in [6.07, 6.45) is 1.37. The number of anilines is 1. The summed E-state index contributed by atoms with van der Waals surface area (Å²) in [4.78, 5) is 11.5. The van der Waals surface area contributed by atoms with Crippen molar-refractivity contribution in [3.8, 4) is 0 Å². The summed E-state index contributed by atoms with van der Waals surface area (Å²) in [5.41, 5.74) is 5.69. The van der Waals surface area contributed by atoms with Crippen LogP contribution in [-0.2, 0) is 4.79 Å². The first-order valence-corrected chi connectivity index (χ1v) is 5.44. The van der Waals surface area contributed by atoms with Crippen LogP contribution in [-0.4, -0.2) is 11.9 Å². The van der Waals surface area contributed by atoms with E-state index in [1.54, 1.807) is 0 Å². The van der Waals surface area contributed by atoms with E-state index in [0.717, 1.165) is 12.5 Å². The van der Waals surface area contributed by atoms with Gasteiger partial charge in [-0.2, -0.15) is 0 Å². The summed E-state index contributed by atoms with van der Waals surface area (Å²) in [7, 11) is 0. The lowest BCUT2D eigenvalue weighted by molar-refractivity contribution is -0.117. The highest BCUT2D eigenvalue weighted by molar-refractivity contribution is 6.30. The van der Waals surface area contributed by atoms with Crippen molar-refractivity contribution >= 4 is 35.6 Å². The number of halogens is 3. The predicted molar refractivity (Wildman–Crippen MR) is 70.2 cm³/mol. The van der Waals surface area contributed by atoms with Crippen LogP contribution in [0.4, 0.5) is 10.1 Å². The van der Waals surface area contributed by atoms with Crippen LogP contribution in [0, 0.1) is 5.82 Å². The van der Waals surface area contributed by atoms with Gasteiger partial charge in [0.1, 0.15) is 5.82 Å². The first-order valence-electron chi connectivity index (χ1n) is 5.06. The van der Waals surface area contributed by atoms with Crippen molar-refractivity contribution in [1.29, 1.82) is 0 Å². The molecule has 1 aromatic carbocycles. The zero-order chi connectivity index (χ0) is 12.1. The number of nitrogens with two attached hydrogens (primary N) is 1. The van der Waals surface area contributed by atoms with Crippen LogP contribution < -0.4 is 11.1 Å². The highest BCUT2D eigenvalue weighted by Gasteiger charge is 2.14. The normalized spacial score (nSPS) is 11.5. The minimum atomic E-state index is -0.611. The van der Waals surface area contributed by atoms with E-state index >= 15 is 0 Å². The standard InChI is InChI=1S/C11H14ClFN2O.ClH/c1-2-3-9(14)11(16)15-10-5-4-7(12)6-8(10)13;/h4-6,9H,2-3,14H2,1H3,(H,15,16);1H. The van der Waals surface area contributed by atoms with Crippen molar-refractivity contribution in [1.82, 2.24) is 0 Å². The van der Waals surface area contributed by atoms with E-state index in [1.165, 1.54) is 12.1 Å². The van der Waals surface area contributed by atoms with E-state index < -0.39 is 11.9 Å². The zero-order valence-corrected chi connectivity index (χ0v) is 10.9. The molecule has 17 heavy (non-hydrogen) atoms. The summed E-state index contributed by atoms with van der Waals surface area (Å²) in [5.74, 6) is -0.951. The summed E-state index contributed by atoms with van der Waals surface area (Å²) < 4.78 is 13.3. The Balaban J connectivity index is 0.00000256. The Morgan fingerprint density at radius 3 is 2.76 bits per heavy atom. The van der Waals surface area contributed by atoms with Gasteiger partial charge >= 0.3 is 0 Å². The first kappa shape index (κ1) is 16.2. The van der Waals surface area contributed by atoms with Gasteiger partial charge in [0.15, 0.2) is 0 Å². The molecule has 1 amide bonds. The van der Waals surface area contributed by atoms with Crippen LogP contribution in [0.25, 0.3) is 0 Å². The minimum Gasteiger partial charge on any atom is -0.322 e. The van der Waals surface area contributed by atoms with E-state index in [0.29, 0.717) is 6.42 Å². The van der Waals surface area contributed by atoms with Gasteiger partial charge in [-0.25, -0.2) is 4.39 Å². The van der Waals surface area contributed by atoms with Gasteiger partial charge in [-0.3, -0.25) is 4.79 Å². The van der Waals surface area contributed by atoms with Crippen LogP contribution in [0.5, 0.6) is 0 Å². The molecular formula is C11H15Cl2FN2O. The lowest BCUT2D eigenvalue weighted by atomic mass is 10.1. The highest BCUT2D eigenvalue weighted by atomic mass is 35.5. The lowest BCUT2D eigenvalue weighted by Gasteiger charge is -2.11. The van der Waals surface area contributed by atoms with Crippen molar-refractivity contribution in [2.24, 2.45) is 5.73 Å². The molecular weight excluding hydrogens is 266 g/mol. The molecule has 0 aromatic heterocycles. The molecule has 0 spiro atoms. The molecule has 0 heterocycles. The second kappa shape index (κ2) is 7.48. The fraction of sp³-hybridized carbons (Fsp3) is 0.364. The molecule has 6 heteroatoms. The molecule has 3 N–H and O–H groups in total. The second-order valence-corrected chi connectivity index (χ2v) is 3.95. The number of carbonyl (C=O) groups excluding carboxylic acids is 1. The van der Waals surface area contributed by atoms with Crippen LogP contribution in [0.2, 0.25) is 5.02 Å². The summed E-state index contributed by atoms with van der Waals surface area (Å²) in [6.45, 7) is 1.93. The monoisotopic (exact) mass is 280 g/mol. The summed E-state index contributed by atoms with van der Waals surface area (Å²) in [5, 5.41) is 2.71. The van der Waals surface area contributed by atoms with E-state index in [2.05, 4.69) is 5.32 Å². The predicted octanol–water partition coefficient (Wildman–Crippen LogP) is 2.97. The minimum absolute atomic E-state index is 0. The van der Waals surface area contributed by atoms with Crippen molar-refractivity contribution in [3.63, 3.8) is 0 Å². The van der Waals surface area contributed by atoms with E-state index in [-0.39, 0.29) is 29.0 Å². The maximum Gasteiger partial charge on any atom is 0.241 e. The number of rotatable bonds is 4. The first-order chi connectivity index (χ1) is 7.54. The fourth-order valence-corrected chi connectivity index (χ4v) is 1.42. The molecule has 1 rings (SSSR count).